The first-order valence-electron chi connectivity index (χ1n) is 7.94. The van der Waals surface area contributed by atoms with Crippen LogP contribution < -0.4 is 0 Å². The van der Waals surface area contributed by atoms with Crippen LogP contribution in [-0.4, -0.2) is 15.4 Å². The lowest BCUT2D eigenvalue weighted by molar-refractivity contribution is -0.137. The molecule has 1 aromatic carbocycles. The number of rotatable bonds is 5. The number of amides is 1. The van der Waals surface area contributed by atoms with E-state index < -0.39 is 11.7 Å². The zero-order valence-electron chi connectivity index (χ0n) is 14.0. The third-order valence-corrected chi connectivity index (χ3v) is 4.08. The predicted molar refractivity (Wildman–Crippen MR) is 89.1 cm³/mol. The average molecular weight is 362 g/mol. The zero-order valence-corrected chi connectivity index (χ0v) is 14.0. The lowest BCUT2D eigenvalue weighted by Crippen LogP contribution is -2.30. The van der Waals surface area contributed by atoms with Crippen molar-refractivity contribution in [3.8, 4) is 0 Å². The average Bonchev–Trinajstić information content (AvgIpc) is 3.25. The van der Waals surface area contributed by atoms with Crippen LogP contribution in [0.4, 0.5) is 13.2 Å². The third kappa shape index (κ3) is 3.99. The van der Waals surface area contributed by atoms with Crippen molar-refractivity contribution in [3.05, 3.63) is 83.6 Å². The van der Waals surface area contributed by atoms with Gasteiger partial charge in [0.15, 0.2) is 0 Å². The molecule has 4 nitrogen and oxygen atoms in total. The highest BCUT2D eigenvalue weighted by molar-refractivity contribution is 5.94. The van der Waals surface area contributed by atoms with Crippen LogP contribution in [0.1, 0.15) is 27.4 Å². The monoisotopic (exact) mass is 362 g/mol. The molecule has 0 aliphatic heterocycles. The molecule has 0 atom stereocenters. The van der Waals surface area contributed by atoms with Gasteiger partial charge in [0.05, 0.1) is 24.9 Å². The highest BCUT2D eigenvalue weighted by Gasteiger charge is 2.30. The van der Waals surface area contributed by atoms with Crippen molar-refractivity contribution >= 4 is 5.91 Å². The maximum atomic E-state index is 12.9. The molecule has 136 valence electrons. The summed E-state index contributed by atoms with van der Waals surface area (Å²) in [5, 5.41) is 0. The molecule has 2 heterocycles. The van der Waals surface area contributed by atoms with Crippen LogP contribution in [0.5, 0.6) is 0 Å². The summed E-state index contributed by atoms with van der Waals surface area (Å²) in [4.78, 5) is 14.4. The molecule has 3 rings (SSSR count). The lowest BCUT2D eigenvalue weighted by atomic mass is 10.1. The summed E-state index contributed by atoms with van der Waals surface area (Å²) in [7, 11) is 1.86. The highest BCUT2D eigenvalue weighted by atomic mass is 19.4. The number of carbonyl (C=O) groups is 1. The largest absolute Gasteiger partial charge is 0.467 e. The molecule has 7 heteroatoms. The number of halogens is 3. The van der Waals surface area contributed by atoms with Crippen molar-refractivity contribution in [2.24, 2.45) is 7.05 Å². The smallest absolute Gasteiger partial charge is 0.416 e. The van der Waals surface area contributed by atoms with Gasteiger partial charge >= 0.3 is 6.18 Å². The van der Waals surface area contributed by atoms with Crippen molar-refractivity contribution in [1.82, 2.24) is 9.47 Å². The Morgan fingerprint density at radius 3 is 2.35 bits per heavy atom. The molecule has 0 N–H and O–H groups in total. The fourth-order valence-corrected chi connectivity index (χ4v) is 2.63. The number of alkyl halides is 3. The standard InChI is InChI=1S/C19H17F3N2O2/c1-23-10-2-4-16(23)12-24(13-17-5-3-11-26-17)18(25)14-6-8-15(9-7-14)19(20,21)22/h2-11H,12-13H2,1H3. The molecule has 0 aliphatic rings. The second-order valence-corrected chi connectivity index (χ2v) is 5.93. The Kier molecular flexibility index (Phi) is 4.88. The van der Waals surface area contributed by atoms with Crippen LogP contribution >= 0.6 is 0 Å². The molecule has 0 saturated carbocycles. The number of aromatic nitrogens is 1. The summed E-state index contributed by atoms with van der Waals surface area (Å²) in [6, 6.07) is 11.5. The summed E-state index contributed by atoms with van der Waals surface area (Å²) >= 11 is 0. The van der Waals surface area contributed by atoms with E-state index in [1.807, 2.05) is 29.9 Å². The Hall–Kier alpha value is -2.96. The maximum absolute atomic E-state index is 12.9. The Balaban J connectivity index is 1.85. The molecule has 0 fully saturated rings. The molecule has 0 aliphatic carbocycles. The van der Waals surface area contributed by atoms with Gasteiger partial charge in [-0.15, -0.1) is 0 Å². The molecule has 3 aromatic rings. The van der Waals surface area contributed by atoms with Crippen molar-refractivity contribution in [2.75, 3.05) is 0 Å². The molecule has 2 aromatic heterocycles. The van der Waals surface area contributed by atoms with Crippen molar-refractivity contribution in [3.63, 3.8) is 0 Å². The molecular weight excluding hydrogens is 345 g/mol. The maximum Gasteiger partial charge on any atom is 0.416 e. The van der Waals surface area contributed by atoms with Gasteiger partial charge in [-0.2, -0.15) is 13.2 Å². The number of nitrogens with zero attached hydrogens (tertiary/aromatic N) is 2. The Bertz CT molecular complexity index is 865. The topological polar surface area (TPSA) is 38.4 Å². The van der Waals surface area contributed by atoms with E-state index in [9.17, 15) is 18.0 Å². The lowest BCUT2D eigenvalue weighted by Gasteiger charge is -2.22. The van der Waals surface area contributed by atoms with E-state index in [4.69, 9.17) is 4.42 Å². The van der Waals surface area contributed by atoms with Gasteiger partial charge < -0.3 is 13.9 Å². The fourth-order valence-electron chi connectivity index (χ4n) is 2.63. The highest BCUT2D eigenvalue weighted by Crippen LogP contribution is 2.29. The van der Waals surface area contributed by atoms with E-state index in [-0.39, 0.29) is 18.0 Å². The Morgan fingerprint density at radius 2 is 1.81 bits per heavy atom. The van der Waals surface area contributed by atoms with Gasteiger partial charge in [0.1, 0.15) is 5.76 Å². The number of furan rings is 1. The van der Waals surface area contributed by atoms with Gasteiger partial charge in [-0.05, 0) is 48.5 Å². The number of hydrogen-bond acceptors (Lipinski definition) is 2. The first-order chi connectivity index (χ1) is 12.3. The van der Waals surface area contributed by atoms with Crippen LogP contribution in [0.25, 0.3) is 0 Å². The molecule has 0 spiro atoms. The number of benzene rings is 1. The molecule has 1 amide bonds. The van der Waals surface area contributed by atoms with Crippen molar-refractivity contribution < 1.29 is 22.4 Å². The van der Waals surface area contributed by atoms with Gasteiger partial charge in [-0.3, -0.25) is 4.79 Å². The van der Waals surface area contributed by atoms with E-state index in [2.05, 4.69) is 0 Å². The van der Waals surface area contributed by atoms with Crippen LogP contribution in [0.15, 0.2) is 65.4 Å². The van der Waals surface area contributed by atoms with Crippen LogP contribution in [-0.2, 0) is 26.3 Å². The van der Waals surface area contributed by atoms with E-state index in [0.29, 0.717) is 12.3 Å². The van der Waals surface area contributed by atoms with Crippen molar-refractivity contribution in [2.45, 2.75) is 19.3 Å². The molecule has 0 bridgehead atoms. The Morgan fingerprint density at radius 1 is 1.08 bits per heavy atom. The SMILES string of the molecule is Cn1cccc1CN(Cc1ccco1)C(=O)c1ccc(C(F)(F)F)cc1. The fraction of sp³-hybridized carbons (Fsp3) is 0.211. The Labute approximate surface area is 148 Å². The van der Waals surface area contributed by atoms with Crippen LogP contribution in [0.2, 0.25) is 0 Å². The summed E-state index contributed by atoms with van der Waals surface area (Å²) < 4.78 is 45.3. The second kappa shape index (κ2) is 7.11. The quantitative estimate of drug-likeness (QED) is 0.671. The molecule has 0 saturated heterocycles. The minimum absolute atomic E-state index is 0.193. The first-order valence-corrected chi connectivity index (χ1v) is 7.94. The number of hydrogen-bond donors (Lipinski definition) is 0. The molecule has 0 radical (unpaired) electrons. The van der Waals surface area contributed by atoms with Gasteiger partial charge in [-0.1, -0.05) is 0 Å². The molecule has 26 heavy (non-hydrogen) atoms. The van der Waals surface area contributed by atoms with Crippen LogP contribution in [0, 0.1) is 0 Å². The van der Waals surface area contributed by atoms with Gasteiger partial charge in [0.2, 0.25) is 0 Å². The summed E-state index contributed by atoms with van der Waals surface area (Å²) in [5.74, 6) is 0.232. The zero-order chi connectivity index (χ0) is 18.7. The number of carbonyl (C=O) groups excluding carboxylic acids is 1. The van der Waals surface area contributed by atoms with Crippen molar-refractivity contribution in [1.29, 1.82) is 0 Å². The number of aryl methyl sites for hydroxylation is 1. The summed E-state index contributed by atoms with van der Waals surface area (Å²) in [6.07, 6.45) is -1.06. The van der Waals surface area contributed by atoms with E-state index >= 15 is 0 Å². The van der Waals surface area contributed by atoms with Gasteiger partial charge in [-0.25, -0.2) is 0 Å². The minimum Gasteiger partial charge on any atom is -0.467 e. The summed E-state index contributed by atoms with van der Waals surface area (Å²) in [5.41, 5.74) is 0.310. The normalized spacial score (nSPS) is 11.5. The van der Waals surface area contributed by atoms with Crippen LogP contribution in [0.3, 0.4) is 0 Å². The first kappa shape index (κ1) is 17.8. The van der Waals surface area contributed by atoms with E-state index in [1.54, 1.807) is 12.1 Å². The van der Waals surface area contributed by atoms with E-state index in [0.717, 1.165) is 17.8 Å². The van der Waals surface area contributed by atoms with E-state index in [1.165, 1.54) is 23.3 Å². The molecule has 0 unspecified atom stereocenters. The second-order valence-electron chi connectivity index (χ2n) is 5.93. The van der Waals surface area contributed by atoms with Gasteiger partial charge in [0.25, 0.3) is 5.91 Å². The molecular formula is C19H17F3N2O2. The predicted octanol–water partition coefficient (Wildman–Crippen LogP) is 4.48. The minimum atomic E-state index is -4.43. The summed E-state index contributed by atoms with van der Waals surface area (Å²) in [6.45, 7) is 0.530. The third-order valence-electron chi connectivity index (χ3n) is 4.08. The van der Waals surface area contributed by atoms with Gasteiger partial charge in [0, 0.05) is 24.5 Å².